The van der Waals surface area contributed by atoms with Gasteiger partial charge in [-0.2, -0.15) is 0 Å². The average Bonchev–Trinajstić information content (AvgIpc) is 2.65. The van der Waals surface area contributed by atoms with Crippen molar-refractivity contribution in [2.75, 3.05) is 26.2 Å². The van der Waals surface area contributed by atoms with Gasteiger partial charge >= 0.3 is 0 Å². The Hall–Kier alpha value is -1.12. The van der Waals surface area contributed by atoms with Crippen LogP contribution in [0.15, 0.2) is 42.5 Å². The summed E-state index contributed by atoms with van der Waals surface area (Å²) in [4.78, 5) is 2.65. The maximum Gasteiger partial charge on any atom is 0.0488 e. The lowest BCUT2D eigenvalue weighted by Crippen LogP contribution is -2.43. The predicted molar refractivity (Wildman–Crippen MR) is 101 cm³/mol. The van der Waals surface area contributed by atoms with Gasteiger partial charge in [0.05, 0.1) is 0 Å². The third-order valence-corrected chi connectivity index (χ3v) is 6.16. The third-order valence-electron chi connectivity index (χ3n) is 6.16. The molecule has 0 aromatic heterocycles. The van der Waals surface area contributed by atoms with Crippen LogP contribution in [0.2, 0.25) is 0 Å². The number of aliphatic hydroxyl groups is 1. The Labute approximate surface area is 147 Å². The van der Waals surface area contributed by atoms with Crippen LogP contribution in [0.25, 0.3) is 0 Å². The van der Waals surface area contributed by atoms with E-state index in [4.69, 9.17) is 0 Å². The Morgan fingerprint density at radius 3 is 2.54 bits per heavy atom. The summed E-state index contributed by atoms with van der Waals surface area (Å²) in [5, 5.41) is 10.0. The second-order valence-electron chi connectivity index (χ2n) is 7.95. The Bertz CT molecular complexity index is 502. The quantitative estimate of drug-likeness (QED) is 0.748. The van der Waals surface area contributed by atoms with Gasteiger partial charge in [-0.05, 0) is 81.4 Å². The number of allylic oxidation sites excluding steroid dienone is 2. The number of likely N-dealkylation sites (tertiary alicyclic amines) is 1. The molecule has 3 rings (SSSR count). The van der Waals surface area contributed by atoms with Gasteiger partial charge in [-0.25, -0.2) is 0 Å². The molecule has 1 heterocycles. The molecule has 1 aromatic rings. The van der Waals surface area contributed by atoms with Gasteiger partial charge in [0, 0.05) is 13.2 Å². The molecule has 0 saturated carbocycles. The van der Waals surface area contributed by atoms with E-state index < -0.39 is 0 Å². The molecule has 24 heavy (non-hydrogen) atoms. The van der Waals surface area contributed by atoms with E-state index >= 15 is 0 Å². The molecule has 2 aliphatic rings. The van der Waals surface area contributed by atoms with Crippen LogP contribution in [0.4, 0.5) is 0 Å². The van der Waals surface area contributed by atoms with Gasteiger partial charge < -0.3 is 10.0 Å². The molecule has 0 bridgehead atoms. The van der Waals surface area contributed by atoms with Gasteiger partial charge in [0.2, 0.25) is 0 Å². The fourth-order valence-electron chi connectivity index (χ4n) is 4.40. The monoisotopic (exact) mass is 327 g/mol. The fraction of sp³-hybridized carbons (Fsp3) is 0.636. The molecule has 1 saturated heterocycles. The number of piperidine rings is 1. The summed E-state index contributed by atoms with van der Waals surface area (Å²) in [5.41, 5.74) is 1.60. The molecule has 0 amide bonds. The highest BCUT2D eigenvalue weighted by Gasteiger charge is 2.34. The lowest BCUT2D eigenvalue weighted by atomic mass is 9.74. The number of rotatable bonds is 7. The molecule has 1 aliphatic carbocycles. The zero-order valence-corrected chi connectivity index (χ0v) is 15.0. The topological polar surface area (TPSA) is 23.5 Å². The zero-order chi connectivity index (χ0) is 16.7. The molecule has 1 atom stereocenters. The summed E-state index contributed by atoms with van der Waals surface area (Å²) in [6, 6.07) is 10.8. The minimum atomic E-state index is 0.178. The summed E-state index contributed by atoms with van der Waals surface area (Å²) in [7, 11) is 0. The highest BCUT2D eigenvalue weighted by atomic mass is 16.3. The van der Waals surface area contributed by atoms with Crippen LogP contribution in [0, 0.1) is 11.3 Å². The van der Waals surface area contributed by atoms with Crippen LogP contribution in [-0.2, 0) is 6.42 Å². The van der Waals surface area contributed by atoms with Crippen molar-refractivity contribution in [2.45, 2.75) is 51.4 Å². The SMILES string of the molecule is OCC1(CCCc2ccccc2)CCN(CC2CC=CCC2)CC1. The predicted octanol–water partition coefficient (Wildman–Crippen LogP) is 4.44. The van der Waals surface area contributed by atoms with Gasteiger partial charge in [0.15, 0.2) is 0 Å². The molecule has 1 unspecified atom stereocenters. The fourth-order valence-corrected chi connectivity index (χ4v) is 4.40. The van der Waals surface area contributed by atoms with Crippen molar-refractivity contribution in [3.05, 3.63) is 48.0 Å². The van der Waals surface area contributed by atoms with Gasteiger partial charge in [0.1, 0.15) is 0 Å². The Morgan fingerprint density at radius 1 is 1.08 bits per heavy atom. The van der Waals surface area contributed by atoms with E-state index in [2.05, 4.69) is 47.4 Å². The molecule has 2 nitrogen and oxygen atoms in total. The van der Waals surface area contributed by atoms with E-state index in [1.807, 2.05) is 0 Å². The van der Waals surface area contributed by atoms with Crippen LogP contribution in [0.5, 0.6) is 0 Å². The molecule has 0 radical (unpaired) electrons. The zero-order valence-electron chi connectivity index (χ0n) is 15.0. The van der Waals surface area contributed by atoms with Crippen LogP contribution < -0.4 is 0 Å². The molecule has 1 fully saturated rings. The van der Waals surface area contributed by atoms with E-state index in [0.29, 0.717) is 6.61 Å². The van der Waals surface area contributed by atoms with Crippen molar-refractivity contribution < 1.29 is 5.11 Å². The normalized spacial score (nSPS) is 24.1. The number of aryl methyl sites for hydroxylation is 1. The van der Waals surface area contributed by atoms with Gasteiger partial charge in [0.25, 0.3) is 0 Å². The van der Waals surface area contributed by atoms with Crippen LogP contribution >= 0.6 is 0 Å². The molecular formula is C22H33NO. The van der Waals surface area contributed by atoms with E-state index in [-0.39, 0.29) is 5.41 Å². The molecule has 1 N–H and O–H groups in total. The highest BCUT2D eigenvalue weighted by Crippen LogP contribution is 2.36. The van der Waals surface area contributed by atoms with Crippen molar-refractivity contribution in [3.8, 4) is 0 Å². The van der Waals surface area contributed by atoms with Crippen LogP contribution in [0.3, 0.4) is 0 Å². The first-order valence-corrected chi connectivity index (χ1v) is 9.82. The number of hydrogen-bond acceptors (Lipinski definition) is 2. The highest BCUT2D eigenvalue weighted by molar-refractivity contribution is 5.14. The van der Waals surface area contributed by atoms with Crippen molar-refractivity contribution in [1.29, 1.82) is 0 Å². The minimum Gasteiger partial charge on any atom is -0.396 e. The largest absolute Gasteiger partial charge is 0.396 e. The lowest BCUT2D eigenvalue weighted by Gasteiger charge is -2.42. The maximum atomic E-state index is 10.0. The number of hydrogen-bond donors (Lipinski definition) is 1. The van der Waals surface area contributed by atoms with E-state index in [0.717, 1.165) is 12.3 Å². The Balaban J connectivity index is 1.42. The molecule has 1 aliphatic heterocycles. The summed E-state index contributed by atoms with van der Waals surface area (Å²) >= 11 is 0. The van der Waals surface area contributed by atoms with Gasteiger partial charge in [-0.3, -0.25) is 0 Å². The molecule has 132 valence electrons. The second kappa shape index (κ2) is 8.82. The van der Waals surface area contributed by atoms with E-state index in [9.17, 15) is 5.11 Å². The van der Waals surface area contributed by atoms with Gasteiger partial charge in [-0.1, -0.05) is 42.5 Å². The van der Waals surface area contributed by atoms with Crippen molar-refractivity contribution in [3.63, 3.8) is 0 Å². The van der Waals surface area contributed by atoms with E-state index in [1.54, 1.807) is 0 Å². The minimum absolute atomic E-state index is 0.178. The first kappa shape index (κ1) is 17.7. The second-order valence-corrected chi connectivity index (χ2v) is 7.95. The van der Waals surface area contributed by atoms with Crippen molar-refractivity contribution >= 4 is 0 Å². The summed E-state index contributed by atoms with van der Waals surface area (Å²) in [6.07, 6.45) is 14.4. The lowest BCUT2D eigenvalue weighted by molar-refractivity contribution is 0.0300. The molecule has 1 aromatic carbocycles. The Kier molecular flexibility index (Phi) is 6.51. The van der Waals surface area contributed by atoms with Crippen LogP contribution in [-0.4, -0.2) is 36.2 Å². The van der Waals surface area contributed by atoms with Crippen molar-refractivity contribution in [1.82, 2.24) is 4.90 Å². The molecule has 2 heteroatoms. The first-order valence-electron chi connectivity index (χ1n) is 9.82. The van der Waals surface area contributed by atoms with E-state index in [1.165, 1.54) is 70.1 Å². The molecular weight excluding hydrogens is 294 g/mol. The number of benzene rings is 1. The third kappa shape index (κ3) is 4.94. The smallest absolute Gasteiger partial charge is 0.0488 e. The first-order chi connectivity index (χ1) is 11.8. The van der Waals surface area contributed by atoms with Gasteiger partial charge in [-0.15, -0.1) is 0 Å². The average molecular weight is 328 g/mol. The van der Waals surface area contributed by atoms with Crippen molar-refractivity contribution in [2.24, 2.45) is 11.3 Å². The summed E-state index contributed by atoms with van der Waals surface area (Å²) < 4.78 is 0. The summed E-state index contributed by atoms with van der Waals surface area (Å²) in [5.74, 6) is 0.856. The summed E-state index contributed by atoms with van der Waals surface area (Å²) in [6.45, 7) is 3.97. The molecule has 0 spiro atoms. The standard InChI is InChI=1S/C22H33NO/c24-19-22(13-7-12-20-8-3-1-4-9-20)14-16-23(17-15-22)18-21-10-5-2-6-11-21/h1-5,8-9,21,24H,6-7,10-19H2. The van der Waals surface area contributed by atoms with Crippen LogP contribution in [0.1, 0.15) is 50.5 Å². The maximum absolute atomic E-state index is 10.0. The number of aliphatic hydroxyl groups excluding tert-OH is 1. The Morgan fingerprint density at radius 2 is 1.88 bits per heavy atom. The number of nitrogens with zero attached hydrogens (tertiary/aromatic N) is 1.